The van der Waals surface area contributed by atoms with Crippen LogP contribution in [0.15, 0.2) is 66.1 Å². The fourth-order valence-corrected chi connectivity index (χ4v) is 2.69. The average molecular weight is 345 g/mol. The number of allylic oxidation sites excluding steroid dienone is 1. The van der Waals surface area contributed by atoms with Crippen LogP contribution in [-0.2, 0) is 17.9 Å². The Bertz CT molecular complexity index is 829. The Labute approximate surface area is 144 Å². The van der Waals surface area contributed by atoms with E-state index in [-0.39, 0.29) is 12.4 Å². The van der Waals surface area contributed by atoms with E-state index in [1.807, 2.05) is 24.1 Å². The van der Waals surface area contributed by atoms with Crippen LogP contribution < -0.4 is 0 Å². The molecule has 2 nitrogen and oxygen atoms in total. The molecule has 3 rings (SSSR count). The van der Waals surface area contributed by atoms with E-state index in [4.69, 9.17) is 4.74 Å². The van der Waals surface area contributed by atoms with E-state index < -0.39 is 11.6 Å². The van der Waals surface area contributed by atoms with Crippen LogP contribution >= 0.6 is 0 Å². The van der Waals surface area contributed by atoms with Crippen molar-refractivity contribution in [3.63, 3.8) is 0 Å². The number of hydrogen-bond donors (Lipinski definition) is 0. The van der Waals surface area contributed by atoms with Crippen LogP contribution in [0.2, 0.25) is 0 Å². The zero-order valence-corrected chi connectivity index (χ0v) is 13.8. The Kier molecular flexibility index (Phi) is 5.12. The first-order chi connectivity index (χ1) is 12.0. The lowest BCUT2D eigenvalue weighted by atomic mass is 10.1. The summed E-state index contributed by atoms with van der Waals surface area (Å²) in [4.78, 5) is 2.04. The second kappa shape index (κ2) is 7.47. The molecule has 0 unspecified atom stereocenters. The van der Waals surface area contributed by atoms with Crippen molar-refractivity contribution in [3.05, 3.63) is 94.7 Å². The SMILES string of the molecule is CC1=C(OCc2ccc(F)cc2F)C=CN(Cc2cccc(F)c2)C1. The molecule has 130 valence electrons. The maximum Gasteiger partial charge on any atom is 0.132 e. The summed E-state index contributed by atoms with van der Waals surface area (Å²) in [7, 11) is 0. The molecule has 0 amide bonds. The highest BCUT2D eigenvalue weighted by Crippen LogP contribution is 2.20. The third-order valence-corrected chi connectivity index (χ3v) is 3.97. The molecule has 5 heteroatoms. The van der Waals surface area contributed by atoms with E-state index in [1.54, 1.807) is 12.1 Å². The number of ether oxygens (including phenoxy) is 1. The summed E-state index contributed by atoms with van der Waals surface area (Å²) in [6.45, 7) is 3.19. The maximum absolute atomic E-state index is 13.6. The molecule has 1 aliphatic rings. The van der Waals surface area contributed by atoms with Gasteiger partial charge in [0.05, 0.1) is 0 Å². The number of hydrogen-bond acceptors (Lipinski definition) is 2. The molecule has 1 aliphatic heterocycles. The standard InChI is InChI=1S/C20H18F3NO/c1-14-11-24(12-15-3-2-4-17(21)9-15)8-7-20(14)25-13-16-5-6-18(22)10-19(16)23/h2-10H,11-13H2,1H3. The molecule has 0 atom stereocenters. The molecule has 0 radical (unpaired) electrons. The number of halogens is 3. The molecular weight excluding hydrogens is 327 g/mol. The van der Waals surface area contributed by atoms with Crippen molar-refractivity contribution in [2.45, 2.75) is 20.1 Å². The van der Waals surface area contributed by atoms with Gasteiger partial charge in [0.15, 0.2) is 0 Å². The second-order valence-corrected chi connectivity index (χ2v) is 6.02. The van der Waals surface area contributed by atoms with Crippen molar-refractivity contribution < 1.29 is 17.9 Å². The minimum Gasteiger partial charge on any atom is -0.489 e. The van der Waals surface area contributed by atoms with Gasteiger partial charge < -0.3 is 9.64 Å². The lowest BCUT2D eigenvalue weighted by Gasteiger charge is -2.26. The van der Waals surface area contributed by atoms with Crippen LogP contribution in [0, 0.1) is 17.5 Å². The van der Waals surface area contributed by atoms with Crippen LogP contribution in [-0.4, -0.2) is 11.4 Å². The van der Waals surface area contributed by atoms with E-state index in [1.165, 1.54) is 24.3 Å². The zero-order valence-electron chi connectivity index (χ0n) is 13.8. The van der Waals surface area contributed by atoms with Crippen molar-refractivity contribution in [3.8, 4) is 0 Å². The fourth-order valence-electron chi connectivity index (χ4n) is 2.69. The van der Waals surface area contributed by atoms with Gasteiger partial charge in [0.1, 0.15) is 29.8 Å². The lowest BCUT2D eigenvalue weighted by molar-refractivity contribution is 0.196. The second-order valence-electron chi connectivity index (χ2n) is 6.02. The summed E-state index contributed by atoms with van der Waals surface area (Å²) in [5.74, 6) is -0.816. The highest BCUT2D eigenvalue weighted by molar-refractivity contribution is 5.26. The van der Waals surface area contributed by atoms with Crippen LogP contribution in [0.25, 0.3) is 0 Å². The molecule has 0 aromatic heterocycles. The highest BCUT2D eigenvalue weighted by atomic mass is 19.1. The Morgan fingerprint density at radius 3 is 2.56 bits per heavy atom. The Balaban J connectivity index is 1.60. The first-order valence-electron chi connectivity index (χ1n) is 7.94. The summed E-state index contributed by atoms with van der Waals surface area (Å²) in [6.07, 6.45) is 3.67. The molecule has 0 fully saturated rings. The van der Waals surface area contributed by atoms with Crippen molar-refractivity contribution in [2.24, 2.45) is 0 Å². The summed E-state index contributed by atoms with van der Waals surface area (Å²) in [6, 6.07) is 9.92. The Morgan fingerprint density at radius 2 is 1.84 bits per heavy atom. The van der Waals surface area contributed by atoms with Crippen LogP contribution in [0.4, 0.5) is 13.2 Å². The predicted molar refractivity (Wildman–Crippen MR) is 89.8 cm³/mol. The molecule has 25 heavy (non-hydrogen) atoms. The van der Waals surface area contributed by atoms with Gasteiger partial charge in [-0.15, -0.1) is 0 Å². The summed E-state index contributed by atoms with van der Waals surface area (Å²) in [5, 5.41) is 0. The largest absolute Gasteiger partial charge is 0.489 e. The Hall–Kier alpha value is -2.69. The molecule has 0 N–H and O–H groups in total. The van der Waals surface area contributed by atoms with E-state index in [0.717, 1.165) is 17.2 Å². The van der Waals surface area contributed by atoms with E-state index in [0.29, 0.717) is 24.4 Å². The molecule has 0 spiro atoms. The Morgan fingerprint density at radius 1 is 1.04 bits per heavy atom. The number of nitrogens with zero attached hydrogens (tertiary/aromatic N) is 1. The molecule has 2 aromatic rings. The topological polar surface area (TPSA) is 12.5 Å². The molecule has 0 bridgehead atoms. The van der Waals surface area contributed by atoms with E-state index in [9.17, 15) is 13.2 Å². The maximum atomic E-state index is 13.6. The first-order valence-corrected chi connectivity index (χ1v) is 7.94. The molecule has 2 aromatic carbocycles. The van der Waals surface area contributed by atoms with Gasteiger partial charge in [-0.1, -0.05) is 12.1 Å². The third kappa shape index (κ3) is 4.44. The summed E-state index contributed by atoms with van der Waals surface area (Å²) in [5.41, 5.74) is 2.17. The number of benzene rings is 2. The minimum absolute atomic E-state index is 0.0347. The molecule has 0 saturated carbocycles. The van der Waals surface area contributed by atoms with Gasteiger partial charge in [-0.25, -0.2) is 13.2 Å². The van der Waals surface area contributed by atoms with Crippen LogP contribution in [0.5, 0.6) is 0 Å². The van der Waals surface area contributed by atoms with Gasteiger partial charge in [0, 0.05) is 30.9 Å². The molecule has 1 heterocycles. The van der Waals surface area contributed by atoms with E-state index in [2.05, 4.69) is 0 Å². The zero-order chi connectivity index (χ0) is 17.8. The van der Waals surface area contributed by atoms with Crippen LogP contribution in [0.1, 0.15) is 18.1 Å². The highest BCUT2D eigenvalue weighted by Gasteiger charge is 2.13. The van der Waals surface area contributed by atoms with Crippen molar-refractivity contribution in [1.82, 2.24) is 4.90 Å². The van der Waals surface area contributed by atoms with Gasteiger partial charge in [0.25, 0.3) is 0 Å². The molecular formula is C20H18F3NO. The monoisotopic (exact) mass is 345 g/mol. The van der Waals surface area contributed by atoms with Gasteiger partial charge >= 0.3 is 0 Å². The van der Waals surface area contributed by atoms with Gasteiger partial charge in [-0.3, -0.25) is 0 Å². The average Bonchev–Trinajstić information content (AvgIpc) is 2.55. The normalized spacial score (nSPS) is 14.2. The predicted octanol–water partition coefficient (Wildman–Crippen LogP) is 4.92. The van der Waals surface area contributed by atoms with Gasteiger partial charge in [-0.05, 0) is 48.4 Å². The summed E-state index contributed by atoms with van der Waals surface area (Å²) >= 11 is 0. The first kappa shape index (κ1) is 17.1. The minimum atomic E-state index is -0.620. The number of rotatable bonds is 5. The lowest BCUT2D eigenvalue weighted by Crippen LogP contribution is -2.23. The van der Waals surface area contributed by atoms with Gasteiger partial charge in [0.2, 0.25) is 0 Å². The summed E-state index contributed by atoms with van der Waals surface area (Å²) < 4.78 is 45.5. The van der Waals surface area contributed by atoms with Gasteiger partial charge in [-0.2, -0.15) is 0 Å². The van der Waals surface area contributed by atoms with E-state index >= 15 is 0 Å². The van der Waals surface area contributed by atoms with Crippen molar-refractivity contribution in [1.29, 1.82) is 0 Å². The quantitative estimate of drug-likeness (QED) is 0.762. The van der Waals surface area contributed by atoms with Crippen molar-refractivity contribution >= 4 is 0 Å². The van der Waals surface area contributed by atoms with Crippen LogP contribution in [0.3, 0.4) is 0 Å². The van der Waals surface area contributed by atoms with Crippen molar-refractivity contribution in [2.75, 3.05) is 6.54 Å². The molecule has 0 saturated heterocycles. The smallest absolute Gasteiger partial charge is 0.132 e. The molecule has 0 aliphatic carbocycles. The third-order valence-electron chi connectivity index (χ3n) is 3.97. The fraction of sp³-hybridized carbons (Fsp3) is 0.200.